The molecule has 0 spiro atoms. The first-order valence-electron chi connectivity index (χ1n) is 5.09. The molecule has 1 rings (SSSR count). The summed E-state index contributed by atoms with van der Waals surface area (Å²) in [6.45, 7) is -0.0218. The van der Waals surface area contributed by atoms with Crippen molar-refractivity contribution in [2.24, 2.45) is 0 Å². The van der Waals surface area contributed by atoms with Crippen LogP contribution in [0.2, 0.25) is 5.02 Å². The molecule has 0 saturated carbocycles. The van der Waals surface area contributed by atoms with Crippen molar-refractivity contribution >= 4 is 33.4 Å². The van der Waals surface area contributed by atoms with E-state index in [9.17, 15) is 18.0 Å². The molecule has 1 N–H and O–H groups in total. The van der Waals surface area contributed by atoms with E-state index in [1.807, 2.05) is 0 Å². The van der Waals surface area contributed by atoms with Gasteiger partial charge in [-0.25, -0.2) is 0 Å². The molecule has 0 fully saturated rings. The minimum atomic E-state index is -4.19. The predicted octanol–water partition coefficient (Wildman–Crippen LogP) is 4.17. The maximum Gasteiger partial charge on any atom is 0.389 e. The van der Waals surface area contributed by atoms with Crippen LogP contribution in [0.5, 0.6) is 0 Å². The second kappa shape index (κ2) is 6.43. The average Bonchev–Trinajstić information content (AvgIpc) is 2.26. The Morgan fingerprint density at radius 1 is 1.39 bits per heavy atom. The zero-order valence-corrected chi connectivity index (χ0v) is 11.5. The standard InChI is InChI=1S/C11H10BrClF3NO/c12-8-3-2-7(6-9(8)13)10(18)17-5-1-4-11(14,15)16/h2-3,6H,1,4-5H2,(H,17,18). The number of amides is 1. The van der Waals surface area contributed by atoms with Gasteiger partial charge in [0.2, 0.25) is 0 Å². The number of hydrogen-bond acceptors (Lipinski definition) is 1. The van der Waals surface area contributed by atoms with Gasteiger partial charge < -0.3 is 5.32 Å². The van der Waals surface area contributed by atoms with Crippen molar-refractivity contribution in [2.75, 3.05) is 6.54 Å². The molecule has 1 amide bonds. The summed E-state index contributed by atoms with van der Waals surface area (Å²) < 4.78 is 36.2. The Hall–Kier alpha value is -0.750. The summed E-state index contributed by atoms with van der Waals surface area (Å²) in [4.78, 5) is 11.6. The maximum absolute atomic E-state index is 11.9. The number of hydrogen-bond donors (Lipinski definition) is 1. The van der Waals surface area contributed by atoms with Crippen molar-refractivity contribution in [3.05, 3.63) is 33.3 Å². The van der Waals surface area contributed by atoms with E-state index in [0.717, 1.165) is 0 Å². The van der Waals surface area contributed by atoms with Crippen LogP contribution in [-0.4, -0.2) is 18.6 Å². The van der Waals surface area contributed by atoms with E-state index in [0.29, 0.717) is 15.1 Å². The van der Waals surface area contributed by atoms with Crippen molar-refractivity contribution < 1.29 is 18.0 Å². The number of halogens is 5. The first-order chi connectivity index (χ1) is 8.29. The van der Waals surface area contributed by atoms with E-state index in [1.54, 1.807) is 6.07 Å². The quantitative estimate of drug-likeness (QED) is 0.816. The number of alkyl halides is 3. The summed E-state index contributed by atoms with van der Waals surface area (Å²) in [5, 5.41) is 2.78. The zero-order chi connectivity index (χ0) is 13.8. The highest BCUT2D eigenvalue weighted by molar-refractivity contribution is 9.10. The highest BCUT2D eigenvalue weighted by Gasteiger charge is 2.25. The van der Waals surface area contributed by atoms with E-state index in [4.69, 9.17) is 11.6 Å². The topological polar surface area (TPSA) is 29.1 Å². The minimum absolute atomic E-state index is 0.0218. The molecule has 100 valence electrons. The van der Waals surface area contributed by atoms with Crippen molar-refractivity contribution in [1.29, 1.82) is 0 Å². The van der Waals surface area contributed by atoms with Gasteiger partial charge in [-0.05, 0) is 40.5 Å². The summed E-state index contributed by atoms with van der Waals surface area (Å²) in [7, 11) is 0. The van der Waals surface area contributed by atoms with E-state index in [2.05, 4.69) is 21.2 Å². The molecule has 0 heterocycles. The Bertz CT molecular complexity index is 437. The largest absolute Gasteiger partial charge is 0.389 e. The van der Waals surface area contributed by atoms with Crippen LogP contribution in [0, 0.1) is 0 Å². The van der Waals surface area contributed by atoms with Gasteiger partial charge in [0.1, 0.15) is 0 Å². The zero-order valence-electron chi connectivity index (χ0n) is 9.15. The molecule has 0 unspecified atom stereocenters. The van der Waals surface area contributed by atoms with Crippen molar-refractivity contribution in [1.82, 2.24) is 5.32 Å². The van der Waals surface area contributed by atoms with Crippen molar-refractivity contribution in [3.8, 4) is 0 Å². The molecular weight excluding hydrogens is 334 g/mol. The van der Waals surface area contributed by atoms with Gasteiger partial charge in [0.05, 0.1) is 5.02 Å². The van der Waals surface area contributed by atoms with E-state index < -0.39 is 18.5 Å². The first kappa shape index (κ1) is 15.3. The predicted molar refractivity (Wildman–Crippen MR) is 66.8 cm³/mol. The highest BCUT2D eigenvalue weighted by Crippen LogP contribution is 2.23. The number of rotatable bonds is 4. The lowest BCUT2D eigenvalue weighted by Gasteiger charge is -2.08. The van der Waals surface area contributed by atoms with Gasteiger partial charge in [-0.3, -0.25) is 4.79 Å². The Kier molecular flexibility index (Phi) is 5.47. The summed E-state index contributed by atoms with van der Waals surface area (Å²) in [5.74, 6) is -0.438. The van der Waals surface area contributed by atoms with E-state index in [-0.39, 0.29) is 13.0 Å². The van der Waals surface area contributed by atoms with Gasteiger partial charge in [0.25, 0.3) is 5.91 Å². The maximum atomic E-state index is 11.9. The summed E-state index contributed by atoms with van der Waals surface area (Å²) in [5.41, 5.74) is 0.315. The molecule has 0 aliphatic rings. The number of benzene rings is 1. The van der Waals surface area contributed by atoms with Gasteiger partial charge >= 0.3 is 6.18 Å². The van der Waals surface area contributed by atoms with Crippen LogP contribution in [-0.2, 0) is 0 Å². The van der Waals surface area contributed by atoms with Gasteiger partial charge in [-0.2, -0.15) is 13.2 Å². The fourth-order valence-corrected chi connectivity index (χ4v) is 1.66. The van der Waals surface area contributed by atoms with E-state index >= 15 is 0 Å². The molecule has 0 radical (unpaired) electrons. The minimum Gasteiger partial charge on any atom is -0.352 e. The Balaban J connectivity index is 2.43. The highest BCUT2D eigenvalue weighted by atomic mass is 79.9. The van der Waals surface area contributed by atoms with Crippen LogP contribution in [0.3, 0.4) is 0 Å². The monoisotopic (exact) mass is 343 g/mol. The Labute approximate surface area is 116 Å². The van der Waals surface area contributed by atoms with Crippen LogP contribution < -0.4 is 5.32 Å². The molecular formula is C11H10BrClF3NO. The number of carbonyl (C=O) groups is 1. The molecule has 2 nitrogen and oxygen atoms in total. The van der Waals surface area contributed by atoms with Crippen LogP contribution in [0.4, 0.5) is 13.2 Å². The fraction of sp³-hybridized carbons (Fsp3) is 0.364. The summed E-state index contributed by atoms with van der Waals surface area (Å²) in [6, 6.07) is 4.59. The number of carbonyl (C=O) groups excluding carboxylic acids is 1. The smallest absolute Gasteiger partial charge is 0.352 e. The fourth-order valence-electron chi connectivity index (χ4n) is 1.23. The lowest BCUT2D eigenvalue weighted by molar-refractivity contribution is -0.135. The molecule has 1 aromatic carbocycles. The molecule has 0 saturated heterocycles. The third-order valence-electron chi connectivity index (χ3n) is 2.10. The Morgan fingerprint density at radius 3 is 2.61 bits per heavy atom. The van der Waals surface area contributed by atoms with Crippen LogP contribution in [0.15, 0.2) is 22.7 Å². The van der Waals surface area contributed by atoms with Crippen molar-refractivity contribution in [3.63, 3.8) is 0 Å². The van der Waals surface area contributed by atoms with Crippen LogP contribution in [0.25, 0.3) is 0 Å². The molecule has 0 aromatic heterocycles. The molecule has 0 bridgehead atoms. The SMILES string of the molecule is O=C(NCCCC(F)(F)F)c1ccc(Br)c(Cl)c1. The molecule has 0 aliphatic heterocycles. The number of nitrogens with one attached hydrogen (secondary N) is 1. The Morgan fingerprint density at radius 2 is 2.06 bits per heavy atom. The second-order valence-corrected chi connectivity index (χ2v) is 4.87. The summed E-state index contributed by atoms with van der Waals surface area (Å²) >= 11 is 8.98. The van der Waals surface area contributed by atoms with E-state index in [1.165, 1.54) is 12.1 Å². The normalized spacial score (nSPS) is 11.4. The van der Waals surface area contributed by atoms with Crippen LogP contribution in [0.1, 0.15) is 23.2 Å². The third kappa shape index (κ3) is 5.27. The summed E-state index contributed by atoms with van der Waals surface area (Å²) in [6.07, 6.45) is -5.24. The van der Waals surface area contributed by atoms with Gasteiger partial charge in [-0.1, -0.05) is 11.6 Å². The lowest BCUT2D eigenvalue weighted by Crippen LogP contribution is -2.25. The first-order valence-corrected chi connectivity index (χ1v) is 6.27. The average molecular weight is 345 g/mol. The van der Waals surface area contributed by atoms with Crippen molar-refractivity contribution in [2.45, 2.75) is 19.0 Å². The molecule has 18 heavy (non-hydrogen) atoms. The third-order valence-corrected chi connectivity index (χ3v) is 3.34. The molecule has 1 aromatic rings. The van der Waals surface area contributed by atoms with Gasteiger partial charge in [0.15, 0.2) is 0 Å². The lowest BCUT2D eigenvalue weighted by atomic mass is 10.2. The molecule has 0 atom stereocenters. The molecule has 7 heteroatoms. The van der Waals surface area contributed by atoms with Gasteiger partial charge in [-0.15, -0.1) is 0 Å². The van der Waals surface area contributed by atoms with Gasteiger partial charge in [0, 0.05) is 23.0 Å². The molecule has 0 aliphatic carbocycles. The van der Waals surface area contributed by atoms with Crippen LogP contribution >= 0.6 is 27.5 Å². The second-order valence-electron chi connectivity index (χ2n) is 3.60.